The second-order valence-electron chi connectivity index (χ2n) is 3.95. The maximum atomic E-state index is 12.4. The first-order valence-corrected chi connectivity index (χ1v) is 5.86. The highest BCUT2D eigenvalue weighted by molar-refractivity contribution is 5.19. The molecule has 1 atom stereocenters. The number of hydrogen-bond acceptors (Lipinski definition) is 2. The van der Waals surface area contributed by atoms with Crippen LogP contribution in [0.3, 0.4) is 0 Å². The van der Waals surface area contributed by atoms with Crippen molar-refractivity contribution in [3.63, 3.8) is 0 Å². The zero-order chi connectivity index (χ0) is 13.6. The monoisotopic (exact) mass is 258 g/mol. The molecule has 0 aliphatic heterocycles. The summed E-state index contributed by atoms with van der Waals surface area (Å²) < 4.78 is 37.2. The van der Waals surface area contributed by atoms with Crippen LogP contribution in [0.4, 0.5) is 13.2 Å². The summed E-state index contributed by atoms with van der Waals surface area (Å²) in [4.78, 5) is 3.90. The fourth-order valence-electron chi connectivity index (χ4n) is 1.66. The zero-order valence-electron chi connectivity index (χ0n) is 10.3. The van der Waals surface area contributed by atoms with Crippen molar-refractivity contribution >= 4 is 0 Å². The van der Waals surface area contributed by atoms with Gasteiger partial charge >= 0.3 is 6.18 Å². The van der Waals surface area contributed by atoms with Crippen LogP contribution in [0, 0.1) is 0 Å². The predicted octanol–water partition coefficient (Wildman–Crippen LogP) is 3.72. The van der Waals surface area contributed by atoms with E-state index in [0.29, 0.717) is 5.69 Å². The number of pyridine rings is 1. The highest BCUT2D eigenvalue weighted by Crippen LogP contribution is 2.29. The molecule has 0 saturated heterocycles. The van der Waals surface area contributed by atoms with E-state index in [2.05, 4.69) is 16.9 Å². The summed E-state index contributed by atoms with van der Waals surface area (Å²) in [5.74, 6) is 0. The van der Waals surface area contributed by atoms with Gasteiger partial charge in [-0.15, -0.1) is 6.58 Å². The van der Waals surface area contributed by atoms with Crippen LogP contribution in [-0.4, -0.2) is 11.5 Å². The number of nitrogens with zero attached hydrogens (tertiary/aromatic N) is 1. The van der Waals surface area contributed by atoms with Gasteiger partial charge in [-0.3, -0.25) is 4.98 Å². The number of aromatic nitrogens is 1. The van der Waals surface area contributed by atoms with E-state index >= 15 is 0 Å². The van der Waals surface area contributed by atoms with Crippen LogP contribution in [0.1, 0.15) is 37.1 Å². The molecule has 5 heteroatoms. The first kappa shape index (κ1) is 14.7. The van der Waals surface area contributed by atoms with Crippen molar-refractivity contribution in [1.82, 2.24) is 10.3 Å². The van der Waals surface area contributed by atoms with Crippen molar-refractivity contribution in [1.29, 1.82) is 0 Å². The average molecular weight is 258 g/mol. The van der Waals surface area contributed by atoms with Gasteiger partial charge in [-0.05, 0) is 31.5 Å². The van der Waals surface area contributed by atoms with E-state index in [0.717, 1.165) is 31.6 Å². The molecule has 1 N–H and O–H groups in total. The van der Waals surface area contributed by atoms with Crippen molar-refractivity contribution in [2.24, 2.45) is 0 Å². The molecule has 1 aromatic rings. The normalized spacial score (nSPS) is 13.3. The third-order valence-electron chi connectivity index (χ3n) is 2.58. The fourth-order valence-corrected chi connectivity index (χ4v) is 1.66. The number of allylic oxidation sites excluding steroid dienone is 1. The Balaban J connectivity index is 2.82. The largest absolute Gasteiger partial charge is 0.417 e. The lowest BCUT2D eigenvalue weighted by atomic mass is 10.1. The summed E-state index contributed by atoms with van der Waals surface area (Å²) >= 11 is 0. The first-order chi connectivity index (χ1) is 8.49. The molecule has 0 aromatic carbocycles. The lowest BCUT2D eigenvalue weighted by molar-refractivity contribution is -0.137. The summed E-state index contributed by atoms with van der Waals surface area (Å²) in [5, 5.41) is 3.20. The molecule has 0 radical (unpaired) electrons. The van der Waals surface area contributed by atoms with E-state index in [1.54, 1.807) is 6.08 Å². The first-order valence-electron chi connectivity index (χ1n) is 5.86. The quantitative estimate of drug-likeness (QED) is 0.787. The minimum absolute atomic E-state index is 0.0321. The van der Waals surface area contributed by atoms with Gasteiger partial charge in [0.1, 0.15) is 0 Å². The molecule has 1 heterocycles. The number of nitrogens with one attached hydrogen (secondary N) is 1. The lowest BCUT2D eigenvalue weighted by Crippen LogP contribution is -2.22. The average Bonchev–Trinajstić information content (AvgIpc) is 2.33. The van der Waals surface area contributed by atoms with Crippen LogP contribution in [0.25, 0.3) is 0 Å². The maximum absolute atomic E-state index is 12.4. The molecule has 1 rings (SSSR count). The number of halogens is 3. The van der Waals surface area contributed by atoms with E-state index in [4.69, 9.17) is 0 Å². The van der Waals surface area contributed by atoms with E-state index in [1.165, 1.54) is 6.07 Å². The van der Waals surface area contributed by atoms with E-state index in [-0.39, 0.29) is 6.04 Å². The molecule has 2 nitrogen and oxygen atoms in total. The molecule has 0 spiro atoms. The SMILES string of the molecule is C=CCCC(NCC)c1ccc(C(F)(F)F)cn1. The molecule has 0 aliphatic carbocycles. The van der Waals surface area contributed by atoms with Crippen LogP contribution >= 0.6 is 0 Å². The molecular weight excluding hydrogens is 241 g/mol. The Morgan fingerprint density at radius 1 is 1.44 bits per heavy atom. The Morgan fingerprint density at radius 3 is 2.61 bits per heavy atom. The van der Waals surface area contributed by atoms with Crippen LogP contribution in [-0.2, 0) is 6.18 Å². The van der Waals surface area contributed by atoms with Gasteiger partial charge < -0.3 is 5.32 Å². The van der Waals surface area contributed by atoms with Crippen molar-refractivity contribution in [3.05, 3.63) is 42.2 Å². The van der Waals surface area contributed by atoms with Gasteiger partial charge in [0.05, 0.1) is 11.3 Å². The summed E-state index contributed by atoms with van der Waals surface area (Å²) in [6, 6.07) is 2.47. The highest BCUT2D eigenvalue weighted by Gasteiger charge is 2.30. The topological polar surface area (TPSA) is 24.9 Å². The van der Waals surface area contributed by atoms with Crippen molar-refractivity contribution in [2.45, 2.75) is 32.0 Å². The van der Waals surface area contributed by atoms with E-state index in [1.807, 2.05) is 6.92 Å². The van der Waals surface area contributed by atoms with Gasteiger partial charge in [0.25, 0.3) is 0 Å². The third kappa shape index (κ3) is 4.14. The molecule has 100 valence electrons. The summed E-state index contributed by atoms with van der Waals surface area (Å²) in [6.45, 7) is 6.33. The zero-order valence-corrected chi connectivity index (χ0v) is 10.3. The van der Waals surface area contributed by atoms with Gasteiger partial charge in [0.15, 0.2) is 0 Å². The molecule has 1 unspecified atom stereocenters. The molecule has 0 bridgehead atoms. The lowest BCUT2D eigenvalue weighted by Gasteiger charge is -2.17. The Morgan fingerprint density at radius 2 is 2.17 bits per heavy atom. The third-order valence-corrected chi connectivity index (χ3v) is 2.58. The fraction of sp³-hybridized carbons (Fsp3) is 0.462. The highest BCUT2D eigenvalue weighted by atomic mass is 19.4. The summed E-state index contributed by atoms with van der Waals surface area (Å²) in [5.41, 5.74) is -0.0862. The second-order valence-corrected chi connectivity index (χ2v) is 3.95. The van der Waals surface area contributed by atoms with Gasteiger partial charge in [0.2, 0.25) is 0 Å². The Hall–Kier alpha value is -1.36. The molecule has 0 fully saturated rings. The second kappa shape index (κ2) is 6.54. The molecule has 0 amide bonds. The van der Waals surface area contributed by atoms with Crippen LogP contribution in [0.2, 0.25) is 0 Å². The van der Waals surface area contributed by atoms with Crippen LogP contribution in [0.15, 0.2) is 31.0 Å². The van der Waals surface area contributed by atoms with E-state index < -0.39 is 11.7 Å². The molecule has 0 saturated carbocycles. The van der Waals surface area contributed by atoms with Crippen LogP contribution < -0.4 is 5.32 Å². The number of hydrogen-bond donors (Lipinski definition) is 1. The summed E-state index contributed by atoms with van der Waals surface area (Å²) in [6.07, 6.45) is -0.0988. The number of alkyl halides is 3. The molecule has 18 heavy (non-hydrogen) atoms. The minimum atomic E-state index is -4.33. The Bertz CT molecular complexity index is 371. The van der Waals surface area contributed by atoms with Gasteiger partial charge in [0, 0.05) is 12.2 Å². The number of rotatable bonds is 6. The van der Waals surface area contributed by atoms with Crippen molar-refractivity contribution in [2.75, 3.05) is 6.54 Å². The smallest absolute Gasteiger partial charge is 0.309 e. The molecular formula is C13H17F3N2. The van der Waals surface area contributed by atoms with Crippen molar-refractivity contribution in [3.8, 4) is 0 Å². The van der Waals surface area contributed by atoms with E-state index in [9.17, 15) is 13.2 Å². The van der Waals surface area contributed by atoms with Gasteiger partial charge in [-0.25, -0.2) is 0 Å². The van der Waals surface area contributed by atoms with Gasteiger partial charge in [-0.1, -0.05) is 13.0 Å². The van der Waals surface area contributed by atoms with Crippen LogP contribution in [0.5, 0.6) is 0 Å². The molecule has 0 aliphatic rings. The minimum Gasteiger partial charge on any atom is -0.309 e. The maximum Gasteiger partial charge on any atom is 0.417 e. The standard InChI is InChI=1S/C13H17F3N2/c1-3-5-6-11(17-4-2)12-8-7-10(9-18-12)13(14,15)16/h3,7-9,11,17H,1,4-6H2,2H3. The Labute approximate surface area is 105 Å². The Kier molecular flexibility index (Phi) is 5.34. The summed E-state index contributed by atoms with van der Waals surface area (Å²) in [7, 11) is 0. The predicted molar refractivity (Wildman–Crippen MR) is 65.1 cm³/mol. The van der Waals surface area contributed by atoms with Gasteiger partial charge in [-0.2, -0.15) is 13.2 Å². The van der Waals surface area contributed by atoms with Crippen molar-refractivity contribution < 1.29 is 13.2 Å². The molecule has 1 aromatic heterocycles.